The van der Waals surface area contributed by atoms with Gasteiger partial charge in [-0.1, -0.05) is 131 Å². The lowest BCUT2D eigenvalue weighted by Crippen LogP contribution is -2.51. The Hall–Kier alpha value is -12.6. The van der Waals surface area contributed by atoms with Gasteiger partial charge in [-0.25, -0.2) is 0 Å². The SMILES string of the molecule is C.C=C1CCC(N2C(=O)c3ccc(CC(C)C)cc3C2=O)C(=O)N1.C=C1CCC(N2C(=O)c3cccc(NC(C)C)c3C2=O)C(=O)N1.C=C1CCC(N2C(=O)c3cccc(NC(C)C)c3C2=O)C(=O)N1.C=C1CCC(N2C(=O)c3cccc(OC(C)C)c3C2=O)C(=O)N1.Cc1ccsc1-c1ccc(CCC(=O)[C@@H]2C[C@@H](O)CN2C(=O)[C@@H](CC(=O)C(C)C)C(C)(C)C)cc1. The molecule has 1 aromatic heterocycles. The van der Waals surface area contributed by atoms with E-state index in [0.29, 0.717) is 143 Å². The van der Waals surface area contributed by atoms with Gasteiger partial charge in [0.05, 0.1) is 62.8 Å². The summed E-state index contributed by atoms with van der Waals surface area (Å²) in [6.45, 7) is 42.4. The number of carbonyl (C=O) groups is 15. The normalized spacial score (nSPS) is 20.3. The lowest BCUT2D eigenvalue weighted by Gasteiger charge is -2.35. The highest BCUT2D eigenvalue weighted by Crippen LogP contribution is 2.41. The average Bonchev–Trinajstić information content (AvgIpc) is 1.54. The number of β-amino-alcohol motifs (C(OH)–C–C–N with tert-alkyl or cyclic N) is 1. The molecule has 6 aromatic rings. The Bertz CT molecular complexity index is 5170. The van der Waals surface area contributed by atoms with Gasteiger partial charge < -0.3 is 46.6 Å². The molecule has 0 saturated carbocycles. The van der Waals surface area contributed by atoms with Gasteiger partial charge in [0.1, 0.15) is 35.7 Å². The summed E-state index contributed by atoms with van der Waals surface area (Å²) in [6.07, 6.45) is 5.16. The van der Waals surface area contributed by atoms with Crippen LogP contribution >= 0.6 is 11.3 Å². The van der Waals surface area contributed by atoms with Crippen molar-refractivity contribution in [1.29, 1.82) is 0 Å². The molecular formula is C99H119N11O17S. The average molecular weight is 1770 g/mol. The number of thiophene rings is 1. The molecule has 0 radical (unpaired) electrons. The maximum Gasteiger partial charge on any atom is 0.266 e. The number of piperidine rings is 4. The van der Waals surface area contributed by atoms with Crippen LogP contribution in [0.2, 0.25) is 0 Å². The number of likely N-dealkylation sites (tertiary alicyclic amines) is 1. The smallest absolute Gasteiger partial charge is 0.266 e. The Labute approximate surface area is 752 Å². The quantitative estimate of drug-likeness (QED) is 0.0329. The second-order valence-corrected chi connectivity index (χ2v) is 37.0. The molecule has 4 unspecified atom stereocenters. The Kier molecular flexibility index (Phi) is 31.2. The van der Waals surface area contributed by atoms with Gasteiger partial charge in [0.15, 0.2) is 5.78 Å². The Morgan fingerprint density at radius 3 is 1.32 bits per heavy atom. The maximum absolute atomic E-state index is 13.6. The molecule has 9 aliphatic rings. The highest BCUT2D eigenvalue weighted by atomic mass is 32.1. The maximum atomic E-state index is 13.6. The number of ketones is 2. The van der Waals surface area contributed by atoms with Gasteiger partial charge in [0.25, 0.3) is 47.3 Å². The van der Waals surface area contributed by atoms with E-state index in [2.05, 4.69) is 115 Å². The molecular weight excluding hydrogens is 1650 g/mol. The first-order valence-electron chi connectivity index (χ1n) is 43.3. The zero-order chi connectivity index (χ0) is 92.8. The van der Waals surface area contributed by atoms with Crippen LogP contribution in [0, 0.1) is 30.1 Å². The molecule has 0 aliphatic carbocycles. The molecule has 5 saturated heterocycles. The lowest BCUT2D eigenvalue weighted by atomic mass is 9.75. The topological polar surface area (TPSA) is 374 Å². The van der Waals surface area contributed by atoms with Crippen molar-refractivity contribution < 1.29 is 81.8 Å². The van der Waals surface area contributed by atoms with Crippen LogP contribution in [-0.2, 0) is 46.4 Å². The van der Waals surface area contributed by atoms with Gasteiger partial charge >= 0.3 is 0 Å². The summed E-state index contributed by atoms with van der Waals surface area (Å²) in [5.41, 5.74) is 10.5. The van der Waals surface area contributed by atoms with Crippen LogP contribution in [0.1, 0.15) is 268 Å². The minimum atomic E-state index is -0.806. The molecule has 9 aliphatic heterocycles. The van der Waals surface area contributed by atoms with Crippen LogP contribution < -0.4 is 36.6 Å². The van der Waals surface area contributed by atoms with E-state index in [1.54, 1.807) is 83.0 Å². The van der Waals surface area contributed by atoms with Gasteiger partial charge in [-0.3, -0.25) is 91.5 Å². The number of nitrogens with one attached hydrogen (secondary N) is 6. The van der Waals surface area contributed by atoms with Crippen molar-refractivity contribution in [2.75, 3.05) is 17.2 Å². The zero-order valence-corrected chi connectivity index (χ0v) is 75.5. The second-order valence-electron chi connectivity index (χ2n) is 36.1. The summed E-state index contributed by atoms with van der Waals surface area (Å²) in [5.74, 6) is -4.77. The molecule has 7 N–H and O–H groups in total. The number of anilines is 2. The lowest BCUT2D eigenvalue weighted by molar-refractivity contribution is -0.146. The summed E-state index contributed by atoms with van der Waals surface area (Å²) < 4.78 is 5.64. The van der Waals surface area contributed by atoms with Crippen LogP contribution in [0.25, 0.3) is 10.4 Å². The summed E-state index contributed by atoms with van der Waals surface area (Å²) >= 11 is 1.72. The largest absolute Gasteiger partial charge is 0.490 e. The van der Waals surface area contributed by atoms with Crippen LogP contribution in [-0.4, -0.2) is 179 Å². The van der Waals surface area contributed by atoms with Crippen molar-refractivity contribution in [3.05, 3.63) is 219 Å². The van der Waals surface area contributed by atoms with Gasteiger partial charge in [0.2, 0.25) is 29.5 Å². The molecule has 7 atom stereocenters. The number of imide groups is 4. The number of aliphatic hydroxyl groups excluding tert-OH is 1. The molecule has 13 amide bonds. The van der Waals surface area contributed by atoms with Crippen LogP contribution in [0.3, 0.4) is 0 Å². The number of ether oxygens (including phenoxy) is 1. The highest BCUT2D eigenvalue weighted by molar-refractivity contribution is 7.13. The molecule has 0 spiro atoms. The van der Waals surface area contributed by atoms with E-state index < -0.39 is 83.1 Å². The highest BCUT2D eigenvalue weighted by Gasteiger charge is 2.51. The Morgan fingerprint density at radius 2 is 0.922 bits per heavy atom. The number of carbonyl (C=O) groups excluding carboxylic acids is 15. The Balaban J connectivity index is 0.000000168. The van der Waals surface area contributed by atoms with E-state index in [0.717, 1.165) is 37.1 Å². The number of benzene rings is 5. The minimum Gasteiger partial charge on any atom is -0.490 e. The number of amides is 13. The van der Waals surface area contributed by atoms with E-state index in [1.807, 2.05) is 82.2 Å². The number of hydrogen-bond donors (Lipinski definition) is 7. The summed E-state index contributed by atoms with van der Waals surface area (Å²) in [7, 11) is 0. The van der Waals surface area contributed by atoms with Crippen molar-refractivity contribution in [3.8, 4) is 16.2 Å². The van der Waals surface area contributed by atoms with Gasteiger partial charge in [-0.05, 0) is 206 Å². The molecule has 678 valence electrons. The van der Waals surface area contributed by atoms with Crippen LogP contribution in [0.4, 0.5) is 11.4 Å². The molecule has 15 rings (SSSR count). The first-order chi connectivity index (χ1) is 59.9. The fourth-order valence-corrected chi connectivity index (χ4v) is 17.8. The molecule has 29 heteroatoms. The number of rotatable bonds is 21. The predicted octanol–water partition coefficient (Wildman–Crippen LogP) is 14.0. The standard InChI is InChI=1S/C29H39NO4S.C18H20N2O3.2C17H19N3O3.C17H18N2O4.CH4/c1-18(2)26(33)16-23(29(4,5)6)28(34)30-17-22(31)15-24(30)25(32)12-9-20-7-10-21(11-8-20)27-19(3)13-14-35-27;1-10(2)8-12-5-6-13-14(9-12)18(23)20(17(13)22)15-7-4-11(3)19-16(15)21;2*1-9(2)18-12-6-4-5-11-14(12)17(23)20(16(11)22)13-8-7-10(3)19-15(13)21;1-9(2)23-13-6-4-5-11-14(13)17(22)19(16(11)21)12-8-7-10(3)18-15(12)20;/h7-8,10-11,13-14,18,22-24,31H,9,12,15-17H2,1-6H3;5-6,9-10,15H,3-4,7-8H2,1-2H3,(H,19,21);2*4-6,9,13,18H,3,7-8H2,1-2H3,(H,19,21);4-6,9,12H,3,7-8H2,1-2H3,(H,18,20);1H4/t22-,23-,24+;;;;;/m1...../s1. The number of aliphatic hydroxyl groups is 1. The van der Waals surface area contributed by atoms with Gasteiger partial charge in [0, 0.05) is 88.8 Å². The Morgan fingerprint density at radius 1 is 0.516 bits per heavy atom. The van der Waals surface area contributed by atoms with Crippen molar-refractivity contribution in [3.63, 3.8) is 0 Å². The van der Waals surface area contributed by atoms with E-state index in [-0.39, 0.29) is 115 Å². The molecule has 0 bridgehead atoms. The van der Waals surface area contributed by atoms with Crippen molar-refractivity contribution >= 4 is 111 Å². The number of nitrogens with zero attached hydrogens (tertiary/aromatic N) is 5. The third kappa shape index (κ3) is 21.6. The predicted molar refractivity (Wildman–Crippen MR) is 489 cm³/mol. The second kappa shape index (κ2) is 41.0. The third-order valence-corrected chi connectivity index (χ3v) is 24.3. The molecule has 10 heterocycles. The van der Waals surface area contributed by atoms with E-state index in [4.69, 9.17) is 4.74 Å². The monoisotopic (exact) mass is 1770 g/mol. The fourth-order valence-electron chi connectivity index (χ4n) is 16.9. The van der Waals surface area contributed by atoms with E-state index in [1.165, 1.54) is 16.0 Å². The zero-order valence-electron chi connectivity index (χ0n) is 74.7. The number of allylic oxidation sites excluding steroid dienone is 4. The molecule has 5 fully saturated rings. The summed E-state index contributed by atoms with van der Waals surface area (Å²) in [5, 5.41) is 29.3. The number of Topliss-reactive ketones (excluding diaryl/α,β-unsaturated/α-hetero) is 2. The van der Waals surface area contributed by atoms with Crippen molar-refractivity contribution in [2.24, 2.45) is 23.2 Å². The minimum absolute atomic E-state index is 0. The molecule has 128 heavy (non-hydrogen) atoms. The van der Waals surface area contributed by atoms with Crippen LogP contribution in [0.15, 0.2) is 158 Å². The van der Waals surface area contributed by atoms with Gasteiger partial charge in [-0.2, -0.15) is 0 Å². The molecule has 28 nitrogen and oxygen atoms in total. The van der Waals surface area contributed by atoms with E-state index in [9.17, 15) is 77.0 Å². The van der Waals surface area contributed by atoms with E-state index >= 15 is 0 Å². The van der Waals surface area contributed by atoms with Crippen molar-refractivity contribution in [2.45, 2.75) is 242 Å². The third-order valence-electron chi connectivity index (χ3n) is 23.3. The first kappa shape index (κ1) is 97.6. The van der Waals surface area contributed by atoms with Crippen molar-refractivity contribution in [1.82, 2.24) is 45.8 Å². The fraction of sp³-hybridized carbons (Fsp3) is 0.424. The number of fused-ring (bicyclic) bond motifs is 4. The number of aryl methyl sites for hydroxylation is 2. The van der Waals surface area contributed by atoms with Crippen LogP contribution in [0.5, 0.6) is 5.75 Å². The summed E-state index contributed by atoms with van der Waals surface area (Å²) in [6, 6.07) is 27.5. The molecule has 5 aromatic carbocycles. The number of hydrogen-bond acceptors (Lipinski definition) is 20. The summed E-state index contributed by atoms with van der Waals surface area (Å²) in [4.78, 5) is 196. The first-order valence-corrected chi connectivity index (χ1v) is 44.2. The van der Waals surface area contributed by atoms with Gasteiger partial charge in [-0.15, -0.1) is 11.3 Å².